The molecule has 0 aromatic rings. The standard InChI is InChI=1S/C43H66O14/c1-10-21(2)36(53)57-34-33(50)43(20-54-22(3)45)24(17-38(34,4)5)23-11-12-26-39(6)15-14-28(55-37-31(49)29(47)30(48)32(56-37)35(51)52)40(7,19-44)25(39)13-16-41(26,8)42(23,9)18-27(43)46/h10-11,24-34,37,44,46-50H,12-20H2,1-9H3,(H,51,52)/t24-,25+,26+,27-,28-,29-,30-,31+,32-,33-,34-,37+,39+,40+,41-,42-,43+/m0/s1. The fourth-order valence-electron chi connectivity index (χ4n) is 13.2. The second-order valence-corrected chi connectivity index (χ2v) is 20.0. The maximum Gasteiger partial charge on any atom is 0.335 e. The van der Waals surface area contributed by atoms with Crippen molar-refractivity contribution in [2.24, 2.45) is 50.2 Å². The van der Waals surface area contributed by atoms with Crippen molar-refractivity contribution in [2.75, 3.05) is 13.2 Å². The van der Waals surface area contributed by atoms with Crippen LogP contribution in [0.2, 0.25) is 0 Å². The molecule has 0 spiro atoms. The topological polar surface area (TPSA) is 230 Å². The Hall–Kier alpha value is -2.43. The van der Waals surface area contributed by atoms with E-state index in [9.17, 15) is 50.1 Å². The number of aliphatic hydroxyl groups is 6. The molecule has 0 amide bonds. The van der Waals surface area contributed by atoms with Gasteiger partial charge in [-0.25, -0.2) is 9.59 Å². The molecule has 0 aromatic carbocycles. The second-order valence-electron chi connectivity index (χ2n) is 20.0. The minimum Gasteiger partial charge on any atom is -0.479 e. The molecule has 5 aliphatic carbocycles. The molecule has 1 heterocycles. The van der Waals surface area contributed by atoms with Crippen LogP contribution in [0.1, 0.15) is 107 Å². The molecule has 0 aromatic heterocycles. The van der Waals surface area contributed by atoms with E-state index in [1.807, 2.05) is 20.8 Å². The zero-order valence-electron chi connectivity index (χ0n) is 34.9. The minimum atomic E-state index is -1.85. The SMILES string of the molecule is CC=C(C)C(=O)O[C@H]1[C@H](O)[C@@]2(COC(C)=O)[C@@H](O)C[C@@]3(C)C(=CC[C@@H]4[C@]5(C)CC[C@H](O[C@@H]6O[C@H](C(=O)O)[C@@H](O)[C@H](O)[C@H]6O)[C@](C)(CO)[C@@H]5CC[C@@]43C)[C@@H]2CC1(C)C. The molecule has 14 nitrogen and oxygen atoms in total. The van der Waals surface area contributed by atoms with Crippen LogP contribution in [0, 0.1) is 50.2 Å². The van der Waals surface area contributed by atoms with Gasteiger partial charge in [-0.15, -0.1) is 0 Å². The normalized spacial score (nSPS) is 49.2. The van der Waals surface area contributed by atoms with Gasteiger partial charge in [0.15, 0.2) is 12.4 Å². The minimum absolute atomic E-state index is 0.0834. The summed E-state index contributed by atoms with van der Waals surface area (Å²) in [7, 11) is 0. The summed E-state index contributed by atoms with van der Waals surface area (Å²) in [5.74, 6) is -3.00. The second kappa shape index (κ2) is 14.9. The number of carboxylic acids is 1. The molecular formula is C43H66O14. The molecule has 17 atom stereocenters. The summed E-state index contributed by atoms with van der Waals surface area (Å²) in [4.78, 5) is 37.3. The van der Waals surface area contributed by atoms with Crippen LogP contribution in [-0.4, -0.2) is 122 Å². The van der Waals surface area contributed by atoms with Crippen molar-refractivity contribution in [1.82, 2.24) is 0 Å². The molecule has 1 saturated heterocycles. The largest absolute Gasteiger partial charge is 0.479 e. The highest BCUT2D eigenvalue weighted by Crippen LogP contribution is 2.76. The monoisotopic (exact) mass is 806 g/mol. The molecule has 0 bridgehead atoms. The third kappa shape index (κ3) is 6.45. The molecule has 57 heavy (non-hydrogen) atoms. The van der Waals surface area contributed by atoms with Crippen LogP contribution in [0.15, 0.2) is 23.3 Å². The zero-order chi connectivity index (χ0) is 42.4. The number of carbonyl (C=O) groups excluding carboxylic acids is 2. The van der Waals surface area contributed by atoms with Crippen molar-refractivity contribution >= 4 is 17.9 Å². The quantitative estimate of drug-likeness (QED) is 0.0810. The fourth-order valence-corrected chi connectivity index (χ4v) is 13.2. The number of rotatable bonds is 8. The van der Waals surface area contributed by atoms with Gasteiger partial charge in [-0.3, -0.25) is 4.79 Å². The van der Waals surface area contributed by atoms with Crippen molar-refractivity contribution in [2.45, 2.75) is 162 Å². The Kier molecular flexibility index (Phi) is 11.6. The van der Waals surface area contributed by atoms with E-state index in [-0.39, 0.29) is 42.3 Å². The molecule has 322 valence electrons. The van der Waals surface area contributed by atoms with Gasteiger partial charge in [0, 0.05) is 23.3 Å². The first-order chi connectivity index (χ1) is 26.4. The molecule has 0 unspecified atom stereocenters. The van der Waals surface area contributed by atoms with Gasteiger partial charge >= 0.3 is 17.9 Å². The Morgan fingerprint density at radius 1 is 0.912 bits per heavy atom. The number of fused-ring (bicyclic) bond motifs is 7. The van der Waals surface area contributed by atoms with E-state index in [0.29, 0.717) is 37.7 Å². The van der Waals surface area contributed by atoms with Gasteiger partial charge in [0.25, 0.3) is 0 Å². The Morgan fingerprint density at radius 3 is 2.18 bits per heavy atom. The lowest BCUT2D eigenvalue weighted by molar-refractivity contribution is -0.328. The first-order valence-corrected chi connectivity index (χ1v) is 20.6. The van der Waals surface area contributed by atoms with E-state index < -0.39 is 101 Å². The zero-order valence-corrected chi connectivity index (χ0v) is 34.9. The highest BCUT2D eigenvalue weighted by atomic mass is 16.7. The van der Waals surface area contributed by atoms with Crippen LogP contribution in [0.5, 0.6) is 0 Å². The fraction of sp³-hybridized carbons (Fsp3) is 0.837. The number of carbonyl (C=O) groups is 3. The third-order valence-electron chi connectivity index (χ3n) is 16.8. The van der Waals surface area contributed by atoms with E-state index in [2.05, 4.69) is 26.8 Å². The predicted octanol–water partition coefficient (Wildman–Crippen LogP) is 3.03. The van der Waals surface area contributed by atoms with E-state index in [1.165, 1.54) is 6.92 Å². The molecule has 14 heteroatoms. The molecular weight excluding hydrogens is 740 g/mol. The van der Waals surface area contributed by atoms with Gasteiger partial charge in [0.05, 0.1) is 24.2 Å². The smallest absolute Gasteiger partial charge is 0.335 e. The van der Waals surface area contributed by atoms with E-state index >= 15 is 0 Å². The number of esters is 2. The lowest BCUT2D eigenvalue weighted by atomic mass is 9.33. The average Bonchev–Trinajstić information content (AvgIpc) is 3.13. The Morgan fingerprint density at radius 2 is 1.58 bits per heavy atom. The van der Waals surface area contributed by atoms with E-state index in [0.717, 1.165) is 12.0 Å². The van der Waals surface area contributed by atoms with Gasteiger partial charge in [-0.05, 0) is 92.8 Å². The summed E-state index contributed by atoms with van der Waals surface area (Å²) in [6.07, 6.45) is -4.98. The first-order valence-electron chi connectivity index (χ1n) is 20.6. The third-order valence-corrected chi connectivity index (χ3v) is 16.8. The van der Waals surface area contributed by atoms with Crippen LogP contribution in [0.4, 0.5) is 0 Å². The molecule has 5 fully saturated rings. The predicted molar refractivity (Wildman–Crippen MR) is 204 cm³/mol. The van der Waals surface area contributed by atoms with Crippen molar-refractivity contribution < 1.29 is 69.1 Å². The Bertz CT molecular complexity index is 1660. The summed E-state index contributed by atoms with van der Waals surface area (Å²) < 4.78 is 23.5. The maximum absolute atomic E-state index is 13.1. The number of aliphatic hydroxyl groups excluding tert-OH is 6. The van der Waals surface area contributed by atoms with Crippen LogP contribution < -0.4 is 0 Å². The number of aliphatic carboxylic acids is 1. The molecule has 7 N–H and O–H groups in total. The number of hydrogen-bond donors (Lipinski definition) is 7. The average molecular weight is 807 g/mol. The van der Waals surface area contributed by atoms with Crippen LogP contribution in [0.3, 0.4) is 0 Å². The summed E-state index contributed by atoms with van der Waals surface area (Å²) >= 11 is 0. The Labute approximate surface area is 335 Å². The molecule has 6 aliphatic rings. The van der Waals surface area contributed by atoms with Gasteiger partial charge in [-0.2, -0.15) is 0 Å². The molecule has 0 radical (unpaired) electrons. The van der Waals surface area contributed by atoms with E-state index in [1.54, 1.807) is 19.9 Å². The van der Waals surface area contributed by atoms with Crippen LogP contribution >= 0.6 is 0 Å². The Balaban J connectivity index is 1.35. The number of carboxylic acid groups (broad SMARTS) is 1. The van der Waals surface area contributed by atoms with Crippen LogP contribution in [-0.2, 0) is 33.3 Å². The number of hydrogen-bond acceptors (Lipinski definition) is 13. The summed E-state index contributed by atoms with van der Waals surface area (Å²) in [5.41, 5.74) is -2.67. The lowest BCUT2D eigenvalue weighted by Crippen LogP contribution is -2.72. The first kappa shape index (κ1) is 44.1. The summed E-state index contributed by atoms with van der Waals surface area (Å²) in [6.45, 7) is 16.8. The number of ether oxygens (including phenoxy) is 4. The highest BCUT2D eigenvalue weighted by molar-refractivity contribution is 5.87. The number of allylic oxidation sites excluding steroid dienone is 3. The van der Waals surface area contributed by atoms with Crippen molar-refractivity contribution in [1.29, 1.82) is 0 Å². The molecule has 4 saturated carbocycles. The molecule has 6 rings (SSSR count). The lowest BCUT2D eigenvalue weighted by Gasteiger charge is -2.72. The molecule has 1 aliphatic heterocycles. The van der Waals surface area contributed by atoms with Crippen LogP contribution in [0.25, 0.3) is 0 Å². The summed E-state index contributed by atoms with van der Waals surface area (Å²) in [5, 5.41) is 77.3. The summed E-state index contributed by atoms with van der Waals surface area (Å²) in [6, 6.07) is 0. The van der Waals surface area contributed by atoms with Gasteiger partial charge < -0.3 is 54.7 Å². The van der Waals surface area contributed by atoms with Gasteiger partial charge in [0.1, 0.15) is 37.1 Å². The van der Waals surface area contributed by atoms with Crippen molar-refractivity contribution in [3.8, 4) is 0 Å². The van der Waals surface area contributed by atoms with Gasteiger partial charge in [-0.1, -0.05) is 59.3 Å². The highest BCUT2D eigenvalue weighted by Gasteiger charge is 2.73. The van der Waals surface area contributed by atoms with Gasteiger partial charge in [0.2, 0.25) is 0 Å². The maximum atomic E-state index is 13.1. The van der Waals surface area contributed by atoms with E-state index in [4.69, 9.17) is 18.9 Å². The van der Waals surface area contributed by atoms with Crippen molar-refractivity contribution in [3.05, 3.63) is 23.3 Å². The van der Waals surface area contributed by atoms with Crippen molar-refractivity contribution in [3.63, 3.8) is 0 Å².